The van der Waals surface area contributed by atoms with Gasteiger partial charge in [0.2, 0.25) is 0 Å². The number of nitrogens with zero attached hydrogens (tertiary/aromatic N) is 1. The van der Waals surface area contributed by atoms with Crippen molar-refractivity contribution in [1.29, 1.82) is 0 Å². The van der Waals surface area contributed by atoms with Gasteiger partial charge in [-0.1, -0.05) is 30.3 Å². The highest BCUT2D eigenvalue weighted by molar-refractivity contribution is 5.82. The van der Waals surface area contributed by atoms with E-state index in [9.17, 15) is 0 Å². The number of aliphatic imine (C=N–C) groups is 1. The van der Waals surface area contributed by atoms with E-state index in [1.54, 1.807) is 0 Å². The number of hydrogen-bond acceptors (Lipinski definition) is 2. The van der Waals surface area contributed by atoms with Crippen LogP contribution in [0.4, 0.5) is 0 Å². The molecule has 0 amide bonds. The molecule has 0 unspecified atom stereocenters. The summed E-state index contributed by atoms with van der Waals surface area (Å²) in [4.78, 5) is 4.35. The Kier molecular flexibility index (Phi) is 1.82. The molecule has 0 saturated carbocycles. The average molecular weight is 160 g/mol. The van der Waals surface area contributed by atoms with E-state index in [1.165, 1.54) is 5.56 Å². The number of hydrogen-bond donors (Lipinski definition) is 1. The van der Waals surface area contributed by atoms with Gasteiger partial charge in [-0.25, -0.2) is 0 Å². The summed E-state index contributed by atoms with van der Waals surface area (Å²) in [6.07, 6.45) is 2.01. The van der Waals surface area contributed by atoms with Crippen LogP contribution in [0.15, 0.2) is 35.3 Å². The molecular formula is C10H12N2. The minimum Gasteiger partial charge on any atom is -0.387 e. The van der Waals surface area contributed by atoms with Crippen LogP contribution in [0.1, 0.15) is 24.4 Å². The van der Waals surface area contributed by atoms with Crippen molar-refractivity contribution in [2.75, 3.05) is 0 Å². The van der Waals surface area contributed by atoms with Crippen LogP contribution in [-0.2, 0) is 0 Å². The van der Waals surface area contributed by atoms with Crippen molar-refractivity contribution in [2.45, 2.75) is 18.9 Å². The van der Waals surface area contributed by atoms with Gasteiger partial charge in [0, 0.05) is 6.42 Å². The van der Waals surface area contributed by atoms with Gasteiger partial charge in [0.25, 0.3) is 0 Å². The van der Waals surface area contributed by atoms with Crippen molar-refractivity contribution in [3.8, 4) is 0 Å². The van der Waals surface area contributed by atoms with Gasteiger partial charge in [0.1, 0.15) is 0 Å². The Hall–Kier alpha value is -1.31. The minimum absolute atomic E-state index is 0.311. The second kappa shape index (κ2) is 2.97. The zero-order valence-corrected chi connectivity index (χ0v) is 6.90. The number of nitrogens with two attached hydrogens (primary N) is 1. The molecule has 2 nitrogen and oxygen atoms in total. The molecule has 1 aromatic rings. The van der Waals surface area contributed by atoms with Crippen LogP contribution < -0.4 is 5.73 Å². The van der Waals surface area contributed by atoms with Crippen molar-refractivity contribution in [1.82, 2.24) is 0 Å². The fourth-order valence-electron chi connectivity index (χ4n) is 1.53. The van der Waals surface area contributed by atoms with Crippen LogP contribution in [-0.4, -0.2) is 5.84 Å². The molecule has 1 heterocycles. The number of rotatable bonds is 1. The predicted octanol–water partition coefficient (Wildman–Crippen LogP) is 1.88. The van der Waals surface area contributed by atoms with Crippen LogP contribution in [0.3, 0.4) is 0 Å². The summed E-state index contributed by atoms with van der Waals surface area (Å²) in [5.41, 5.74) is 6.89. The smallest absolute Gasteiger partial charge is 0.0945 e. The Morgan fingerprint density at radius 1 is 1.25 bits per heavy atom. The summed E-state index contributed by atoms with van der Waals surface area (Å²) in [6.45, 7) is 0. The van der Waals surface area contributed by atoms with Gasteiger partial charge < -0.3 is 5.73 Å². The molecular weight excluding hydrogens is 148 g/mol. The van der Waals surface area contributed by atoms with E-state index in [-0.39, 0.29) is 0 Å². The predicted molar refractivity (Wildman–Crippen MR) is 50.0 cm³/mol. The van der Waals surface area contributed by atoms with E-state index < -0.39 is 0 Å². The van der Waals surface area contributed by atoms with Crippen molar-refractivity contribution in [3.63, 3.8) is 0 Å². The molecule has 1 aliphatic heterocycles. The van der Waals surface area contributed by atoms with E-state index in [2.05, 4.69) is 17.1 Å². The molecule has 12 heavy (non-hydrogen) atoms. The van der Waals surface area contributed by atoms with Gasteiger partial charge in [-0.2, -0.15) is 0 Å². The molecule has 0 aromatic heterocycles. The molecule has 0 aliphatic carbocycles. The van der Waals surface area contributed by atoms with E-state index in [4.69, 9.17) is 5.73 Å². The van der Waals surface area contributed by atoms with E-state index in [0.29, 0.717) is 6.04 Å². The topological polar surface area (TPSA) is 38.4 Å². The molecule has 1 atom stereocenters. The number of benzene rings is 1. The molecule has 2 rings (SSSR count). The monoisotopic (exact) mass is 160 g/mol. The average Bonchev–Trinajstić information content (AvgIpc) is 2.54. The molecule has 1 aliphatic rings. The zero-order valence-electron chi connectivity index (χ0n) is 6.90. The molecule has 0 fully saturated rings. The first kappa shape index (κ1) is 7.35. The highest BCUT2D eigenvalue weighted by atomic mass is 14.9. The van der Waals surface area contributed by atoms with Crippen LogP contribution in [0.2, 0.25) is 0 Å². The molecule has 0 saturated heterocycles. The van der Waals surface area contributed by atoms with Crippen molar-refractivity contribution in [3.05, 3.63) is 35.9 Å². The van der Waals surface area contributed by atoms with Crippen molar-refractivity contribution < 1.29 is 0 Å². The highest BCUT2D eigenvalue weighted by Gasteiger charge is 2.16. The van der Waals surface area contributed by atoms with Gasteiger partial charge in [-0.3, -0.25) is 4.99 Å². The maximum Gasteiger partial charge on any atom is 0.0945 e. The van der Waals surface area contributed by atoms with Crippen LogP contribution in [0.25, 0.3) is 0 Å². The molecule has 62 valence electrons. The lowest BCUT2D eigenvalue weighted by Gasteiger charge is -2.04. The highest BCUT2D eigenvalue weighted by Crippen LogP contribution is 2.26. The first-order valence-electron chi connectivity index (χ1n) is 4.23. The molecule has 2 heteroatoms. The SMILES string of the molecule is NC1=N[C@H](c2ccccc2)CC1. The summed E-state index contributed by atoms with van der Waals surface area (Å²) in [5.74, 6) is 0.795. The third-order valence-electron chi connectivity index (χ3n) is 2.18. The summed E-state index contributed by atoms with van der Waals surface area (Å²) in [7, 11) is 0. The van der Waals surface area contributed by atoms with Gasteiger partial charge in [-0.05, 0) is 12.0 Å². The molecule has 0 spiro atoms. The normalized spacial score (nSPS) is 22.3. The Morgan fingerprint density at radius 3 is 2.58 bits per heavy atom. The minimum atomic E-state index is 0.311. The maximum absolute atomic E-state index is 5.61. The van der Waals surface area contributed by atoms with E-state index in [0.717, 1.165) is 18.7 Å². The Labute approximate surface area is 72.1 Å². The molecule has 0 radical (unpaired) electrons. The summed E-state index contributed by atoms with van der Waals surface area (Å²) in [5, 5.41) is 0. The lowest BCUT2D eigenvalue weighted by molar-refractivity contribution is 0.723. The lowest BCUT2D eigenvalue weighted by atomic mass is 10.1. The lowest BCUT2D eigenvalue weighted by Crippen LogP contribution is -2.05. The first-order valence-corrected chi connectivity index (χ1v) is 4.23. The first-order chi connectivity index (χ1) is 5.86. The Morgan fingerprint density at radius 2 is 2.00 bits per heavy atom. The Bertz CT molecular complexity index is 290. The quantitative estimate of drug-likeness (QED) is 0.669. The largest absolute Gasteiger partial charge is 0.387 e. The van der Waals surface area contributed by atoms with E-state index in [1.807, 2.05) is 18.2 Å². The number of amidine groups is 1. The van der Waals surface area contributed by atoms with Crippen LogP contribution in [0, 0.1) is 0 Å². The third-order valence-corrected chi connectivity index (χ3v) is 2.18. The third kappa shape index (κ3) is 1.33. The fourth-order valence-corrected chi connectivity index (χ4v) is 1.53. The molecule has 1 aromatic carbocycles. The summed E-state index contributed by atoms with van der Waals surface area (Å²) >= 11 is 0. The van der Waals surface area contributed by atoms with Gasteiger partial charge in [0.05, 0.1) is 11.9 Å². The summed E-state index contributed by atoms with van der Waals surface area (Å²) < 4.78 is 0. The summed E-state index contributed by atoms with van der Waals surface area (Å²) in [6, 6.07) is 10.6. The maximum atomic E-state index is 5.61. The van der Waals surface area contributed by atoms with Gasteiger partial charge in [-0.15, -0.1) is 0 Å². The standard InChI is InChI=1S/C10H12N2/c11-10-7-6-9(12-10)8-4-2-1-3-5-8/h1-5,9H,6-7H2,(H2,11,12)/t9-/m0/s1. The van der Waals surface area contributed by atoms with Crippen molar-refractivity contribution >= 4 is 5.84 Å². The second-order valence-corrected chi connectivity index (χ2v) is 3.09. The Balaban J connectivity index is 2.22. The van der Waals surface area contributed by atoms with Crippen molar-refractivity contribution in [2.24, 2.45) is 10.7 Å². The van der Waals surface area contributed by atoms with Gasteiger partial charge >= 0.3 is 0 Å². The van der Waals surface area contributed by atoms with Gasteiger partial charge in [0.15, 0.2) is 0 Å². The second-order valence-electron chi connectivity index (χ2n) is 3.09. The fraction of sp³-hybridized carbons (Fsp3) is 0.300. The van der Waals surface area contributed by atoms with E-state index >= 15 is 0 Å². The molecule has 2 N–H and O–H groups in total. The van der Waals surface area contributed by atoms with Crippen LogP contribution >= 0.6 is 0 Å². The molecule has 0 bridgehead atoms. The zero-order chi connectivity index (χ0) is 8.39. The van der Waals surface area contributed by atoms with Crippen LogP contribution in [0.5, 0.6) is 0 Å².